The summed E-state index contributed by atoms with van der Waals surface area (Å²) in [4.78, 5) is 17.7. The van der Waals surface area contributed by atoms with Gasteiger partial charge >= 0.3 is 6.09 Å². The predicted octanol–water partition coefficient (Wildman–Crippen LogP) is 1.78. The summed E-state index contributed by atoms with van der Waals surface area (Å²) in [5.41, 5.74) is 5.83. The molecule has 1 amide bonds. The number of aromatic nitrogens is 1. The van der Waals surface area contributed by atoms with Gasteiger partial charge in [-0.3, -0.25) is 4.98 Å². The third kappa shape index (κ3) is 5.14. The molecule has 0 atom stereocenters. The molecular formula is C13H21N3O2. The van der Waals surface area contributed by atoms with Crippen molar-refractivity contribution < 1.29 is 9.53 Å². The lowest BCUT2D eigenvalue weighted by Crippen LogP contribution is -2.39. The van der Waals surface area contributed by atoms with E-state index in [1.165, 1.54) is 0 Å². The van der Waals surface area contributed by atoms with Crippen molar-refractivity contribution in [3.63, 3.8) is 0 Å². The van der Waals surface area contributed by atoms with Crippen LogP contribution >= 0.6 is 0 Å². The van der Waals surface area contributed by atoms with Crippen LogP contribution in [-0.2, 0) is 11.3 Å². The zero-order chi connectivity index (χ0) is 13.6. The number of rotatable bonds is 4. The number of carbonyl (C=O) groups excluding carboxylic acids is 1. The van der Waals surface area contributed by atoms with Crippen LogP contribution < -0.4 is 5.73 Å². The van der Waals surface area contributed by atoms with Crippen LogP contribution in [0.1, 0.15) is 26.5 Å². The van der Waals surface area contributed by atoms with Crippen molar-refractivity contribution in [1.82, 2.24) is 9.88 Å². The SMILES string of the molecule is CC(C)(C)OC(=O)N(CCN)Cc1ccccn1. The minimum atomic E-state index is -0.506. The molecule has 0 bridgehead atoms. The van der Waals surface area contributed by atoms with Gasteiger partial charge in [0.05, 0.1) is 12.2 Å². The molecule has 0 aliphatic rings. The van der Waals surface area contributed by atoms with Crippen LogP contribution in [-0.4, -0.2) is 34.7 Å². The molecule has 100 valence electrons. The van der Waals surface area contributed by atoms with E-state index in [2.05, 4.69) is 4.98 Å². The second-order valence-corrected chi connectivity index (χ2v) is 5.01. The molecule has 1 aromatic rings. The maximum absolute atomic E-state index is 12.0. The third-order valence-corrected chi connectivity index (χ3v) is 2.13. The Balaban J connectivity index is 2.68. The summed E-state index contributed by atoms with van der Waals surface area (Å²) in [6.07, 6.45) is 1.34. The molecule has 0 fully saturated rings. The van der Waals surface area contributed by atoms with Gasteiger partial charge in [0.2, 0.25) is 0 Å². The van der Waals surface area contributed by atoms with Crippen molar-refractivity contribution in [1.29, 1.82) is 0 Å². The molecule has 5 heteroatoms. The molecule has 2 N–H and O–H groups in total. The van der Waals surface area contributed by atoms with E-state index in [9.17, 15) is 4.79 Å². The van der Waals surface area contributed by atoms with Crippen molar-refractivity contribution in [3.05, 3.63) is 30.1 Å². The molecule has 0 aliphatic heterocycles. The van der Waals surface area contributed by atoms with E-state index in [1.54, 1.807) is 11.1 Å². The van der Waals surface area contributed by atoms with E-state index in [0.29, 0.717) is 19.6 Å². The lowest BCUT2D eigenvalue weighted by molar-refractivity contribution is 0.0237. The van der Waals surface area contributed by atoms with Gasteiger partial charge in [0.25, 0.3) is 0 Å². The molecule has 0 spiro atoms. The van der Waals surface area contributed by atoms with Gasteiger partial charge in [0.1, 0.15) is 5.60 Å². The van der Waals surface area contributed by atoms with Gasteiger partial charge in [0, 0.05) is 19.3 Å². The van der Waals surface area contributed by atoms with Crippen LogP contribution in [0.15, 0.2) is 24.4 Å². The highest BCUT2D eigenvalue weighted by Gasteiger charge is 2.21. The highest BCUT2D eigenvalue weighted by molar-refractivity contribution is 5.68. The molecule has 0 saturated heterocycles. The quantitative estimate of drug-likeness (QED) is 0.885. The Hall–Kier alpha value is -1.62. The van der Waals surface area contributed by atoms with Crippen LogP contribution in [0.2, 0.25) is 0 Å². The molecule has 0 radical (unpaired) electrons. The van der Waals surface area contributed by atoms with Gasteiger partial charge in [0.15, 0.2) is 0 Å². The Labute approximate surface area is 108 Å². The summed E-state index contributed by atoms with van der Waals surface area (Å²) in [6, 6.07) is 5.59. The molecule has 1 heterocycles. The van der Waals surface area contributed by atoms with Crippen LogP contribution in [0.5, 0.6) is 0 Å². The number of ether oxygens (including phenoxy) is 1. The monoisotopic (exact) mass is 251 g/mol. The van der Waals surface area contributed by atoms with Crippen LogP contribution in [0.3, 0.4) is 0 Å². The number of hydrogen-bond donors (Lipinski definition) is 1. The van der Waals surface area contributed by atoms with Gasteiger partial charge in [-0.2, -0.15) is 0 Å². The van der Waals surface area contributed by atoms with Gasteiger partial charge in [-0.1, -0.05) is 6.07 Å². The molecule has 18 heavy (non-hydrogen) atoms. The van der Waals surface area contributed by atoms with E-state index in [-0.39, 0.29) is 6.09 Å². The average molecular weight is 251 g/mol. The Kier molecular flexibility index (Phi) is 5.09. The number of pyridine rings is 1. The number of hydrogen-bond acceptors (Lipinski definition) is 4. The van der Waals surface area contributed by atoms with E-state index >= 15 is 0 Å². The highest BCUT2D eigenvalue weighted by Crippen LogP contribution is 2.11. The lowest BCUT2D eigenvalue weighted by Gasteiger charge is -2.26. The second-order valence-electron chi connectivity index (χ2n) is 5.01. The zero-order valence-electron chi connectivity index (χ0n) is 11.2. The Bertz CT molecular complexity index is 374. The number of nitrogens with two attached hydrogens (primary N) is 1. The van der Waals surface area contributed by atoms with Gasteiger partial charge in [-0.15, -0.1) is 0 Å². The Morgan fingerprint density at radius 3 is 2.67 bits per heavy atom. The number of amides is 1. The Morgan fingerprint density at radius 2 is 2.17 bits per heavy atom. The van der Waals surface area contributed by atoms with Crippen molar-refractivity contribution in [3.8, 4) is 0 Å². The first-order valence-electron chi connectivity index (χ1n) is 6.00. The van der Waals surface area contributed by atoms with Gasteiger partial charge in [-0.05, 0) is 32.9 Å². The first-order chi connectivity index (χ1) is 8.42. The van der Waals surface area contributed by atoms with Gasteiger partial charge in [-0.25, -0.2) is 4.79 Å². The number of carbonyl (C=O) groups is 1. The first kappa shape index (κ1) is 14.4. The fourth-order valence-corrected chi connectivity index (χ4v) is 1.40. The second kappa shape index (κ2) is 6.35. The summed E-state index contributed by atoms with van der Waals surface area (Å²) in [6.45, 7) is 6.77. The summed E-state index contributed by atoms with van der Waals surface area (Å²) < 4.78 is 5.33. The van der Waals surface area contributed by atoms with Gasteiger partial charge < -0.3 is 15.4 Å². The summed E-state index contributed by atoms with van der Waals surface area (Å²) >= 11 is 0. The van der Waals surface area contributed by atoms with Crippen LogP contribution in [0, 0.1) is 0 Å². The number of nitrogens with zero attached hydrogens (tertiary/aromatic N) is 2. The molecule has 0 aromatic carbocycles. The molecule has 5 nitrogen and oxygen atoms in total. The standard InChI is InChI=1S/C13H21N3O2/c1-13(2,3)18-12(17)16(9-7-14)10-11-6-4-5-8-15-11/h4-6,8H,7,9-10,14H2,1-3H3. The molecule has 0 unspecified atom stereocenters. The molecule has 0 saturated carbocycles. The minimum absolute atomic E-state index is 0.362. The normalized spacial score (nSPS) is 11.1. The largest absolute Gasteiger partial charge is 0.444 e. The maximum Gasteiger partial charge on any atom is 0.410 e. The third-order valence-electron chi connectivity index (χ3n) is 2.13. The lowest BCUT2D eigenvalue weighted by atomic mass is 10.2. The predicted molar refractivity (Wildman–Crippen MR) is 69.9 cm³/mol. The minimum Gasteiger partial charge on any atom is -0.444 e. The fourth-order valence-electron chi connectivity index (χ4n) is 1.40. The average Bonchev–Trinajstić information content (AvgIpc) is 2.27. The first-order valence-corrected chi connectivity index (χ1v) is 6.00. The van der Waals surface area contributed by atoms with E-state index < -0.39 is 5.60 Å². The van der Waals surface area contributed by atoms with Crippen molar-refractivity contribution in [2.75, 3.05) is 13.1 Å². The molecule has 0 aliphatic carbocycles. The maximum atomic E-state index is 12.0. The molecular weight excluding hydrogens is 230 g/mol. The molecule has 1 rings (SSSR count). The summed E-state index contributed by atoms with van der Waals surface area (Å²) in [7, 11) is 0. The van der Waals surface area contributed by atoms with E-state index in [4.69, 9.17) is 10.5 Å². The van der Waals surface area contributed by atoms with E-state index in [1.807, 2.05) is 39.0 Å². The highest BCUT2D eigenvalue weighted by atomic mass is 16.6. The van der Waals surface area contributed by atoms with Crippen molar-refractivity contribution in [2.24, 2.45) is 5.73 Å². The molecule has 1 aromatic heterocycles. The topological polar surface area (TPSA) is 68.5 Å². The van der Waals surface area contributed by atoms with E-state index in [0.717, 1.165) is 5.69 Å². The van der Waals surface area contributed by atoms with Crippen LogP contribution in [0.25, 0.3) is 0 Å². The summed E-state index contributed by atoms with van der Waals surface area (Å²) in [5.74, 6) is 0. The van der Waals surface area contributed by atoms with Crippen LogP contribution in [0.4, 0.5) is 4.79 Å². The fraction of sp³-hybridized carbons (Fsp3) is 0.538. The van der Waals surface area contributed by atoms with Crippen molar-refractivity contribution in [2.45, 2.75) is 32.9 Å². The smallest absolute Gasteiger partial charge is 0.410 e. The zero-order valence-corrected chi connectivity index (χ0v) is 11.2. The summed E-state index contributed by atoms with van der Waals surface area (Å²) in [5, 5.41) is 0. The van der Waals surface area contributed by atoms with Crippen molar-refractivity contribution >= 4 is 6.09 Å². The Morgan fingerprint density at radius 1 is 1.44 bits per heavy atom.